The number of nitrogens with one attached hydrogen (secondary N) is 2. The molecule has 1 saturated carbocycles. The predicted molar refractivity (Wildman–Crippen MR) is 151 cm³/mol. The van der Waals surface area contributed by atoms with Crippen LogP contribution in [0, 0.1) is 5.92 Å². The zero-order valence-corrected chi connectivity index (χ0v) is 23.4. The average molecular weight is 525 g/mol. The van der Waals surface area contributed by atoms with Crippen LogP contribution in [0.2, 0.25) is 0 Å². The van der Waals surface area contributed by atoms with E-state index in [4.69, 9.17) is 0 Å². The lowest BCUT2D eigenvalue weighted by atomic mass is 9.81. The van der Waals surface area contributed by atoms with Gasteiger partial charge in [-0.05, 0) is 62.8 Å². The normalized spacial score (nSPS) is 22.1. The van der Waals surface area contributed by atoms with Crippen molar-refractivity contribution in [1.82, 2.24) is 20.4 Å². The predicted octanol–water partition coefficient (Wildman–Crippen LogP) is 4.06. The van der Waals surface area contributed by atoms with Crippen LogP contribution in [-0.2, 0) is 20.8 Å². The Bertz CT molecular complexity index is 907. The van der Waals surface area contributed by atoms with Gasteiger partial charge in [-0.3, -0.25) is 14.4 Å². The van der Waals surface area contributed by atoms with Crippen LogP contribution in [0.5, 0.6) is 0 Å². The van der Waals surface area contributed by atoms with Crippen LogP contribution in [0.4, 0.5) is 0 Å². The maximum Gasteiger partial charge on any atom is 0.246 e. The molecule has 2 aliphatic heterocycles. The number of carbonyl (C=O) groups excluding carboxylic acids is 3. The summed E-state index contributed by atoms with van der Waals surface area (Å²) in [5, 5.41) is 6.14. The average Bonchev–Trinajstić information content (AvgIpc) is 3.46. The van der Waals surface area contributed by atoms with Crippen LogP contribution in [-0.4, -0.2) is 71.8 Å². The maximum atomic E-state index is 13.5. The van der Waals surface area contributed by atoms with Gasteiger partial charge in [0.15, 0.2) is 0 Å². The number of unbranched alkanes of at least 4 members (excludes halogenated alkanes) is 1. The van der Waals surface area contributed by atoms with Crippen molar-refractivity contribution in [2.75, 3.05) is 32.7 Å². The number of amides is 3. The minimum Gasteiger partial charge on any atom is -0.356 e. The highest BCUT2D eigenvalue weighted by molar-refractivity contribution is 6.00. The largest absolute Gasteiger partial charge is 0.356 e. The monoisotopic (exact) mass is 524 g/mol. The molecule has 7 heteroatoms. The van der Waals surface area contributed by atoms with E-state index in [0.717, 1.165) is 57.7 Å². The number of likely N-dealkylation sites (tertiary alicyclic amines) is 1. The first-order valence-corrected chi connectivity index (χ1v) is 15.2. The van der Waals surface area contributed by atoms with Gasteiger partial charge in [-0.2, -0.15) is 0 Å². The van der Waals surface area contributed by atoms with Gasteiger partial charge < -0.3 is 20.4 Å². The first-order valence-electron chi connectivity index (χ1n) is 15.2. The van der Waals surface area contributed by atoms with Crippen LogP contribution < -0.4 is 10.6 Å². The topological polar surface area (TPSA) is 81.8 Å². The number of piperazine rings is 1. The van der Waals surface area contributed by atoms with E-state index in [9.17, 15) is 14.4 Å². The highest BCUT2D eigenvalue weighted by atomic mass is 16.2. The quantitative estimate of drug-likeness (QED) is 0.382. The molecule has 0 unspecified atom stereocenters. The van der Waals surface area contributed by atoms with Crippen LogP contribution >= 0.6 is 0 Å². The minimum atomic E-state index is -0.708. The van der Waals surface area contributed by atoms with Crippen LogP contribution in [0.25, 0.3) is 0 Å². The Hall–Kier alpha value is -2.41. The summed E-state index contributed by atoms with van der Waals surface area (Å²) in [4.78, 5) is 43.5. The molecule has 4 rings (SSSR count). The fraction of sp³-hybridized carbons (Fsp3) is 0.710. The lowest BCUT2D eigenvalue weighted by Gasteiger charge is -2.51. The number of rotatable bonds is 13. The van der Waals surface area contributed by atoms with E-state index < -0.39 is 11.6 Å². The van der Waals surface area contributed by atoms with Gasteiger partial charge in [-0.25, -0.2) is 0 Å². The summed E-state index contributed by atoms with van der Waals surface area (Å²) in [6, 6.07) is 10.1. The van der Waals surface area contributed by atoms with Gasteiger partial charge in [0.1, 0.15) is 11.6 Å². The first kappa shape index (κ1) is 28.6. The molecule has 0 radical (unpaired) electrons. The van der Waals surface area contributed by atoms with Gasteiger partial charge in [0.2, 0.25) is 17.7 Å². The Morgan fingerprint density at radius 2 is 1.76 bits per heavy atom. The smallest absolute Gasteiger partial charge is 0.246 e. The van der Waals surface area contributed by atoms with E-state index in [1.165, 1.54) is 31.2 Å². The van der Waals surface area contributed by atoms with Crippen LogP contribution in [0.1, 0.15) is 89.5 Å². The van der Waals surface area contributed by atoms with Crippen molar-refractivity contribution in [1.29, 1.82) is 0 Å². The lowest BCUT2D eigenvalue weighted by Crippen LogP contribution is -2.72. The van der Waals surface area contributed by atoms with Gasteiger partial charge in [0, 0.05) is 39.1 Å². The number of benzene rings is 1. The highest BCUT2D eigenvalue weighted by Gasteiger charge is 2.52. The molecule has 1 atom stereocenters. The number of hydrogen-bond donors (Lipinski definition) is 2. The molecule has 1 spiro atoms. The van der Waals surface area contributed by atoms with E-state index in [1.807, 2.05) is 11.0 Å². The highest BCUT2D eigenvalue weighted by Crippen LogP contribution is 2.34. The number of hydrogen-bond acceptors (Lipinski definition) is 4. The molecule has 2 heterocycles. The molecule has 3 fully saturated rings. The molecule has 3 amide bonds. The summed E-state index contributed by atoms with van der Waals surface area (Å²) >= 11 is 0. The lowest BCUT2D eigenvalue weighted by molar-refractivity contribution is -0.161. The summed E-state index contributed by atoms with van der Waals surface area (Å²) in [5.74, 6) is 0.978. The molecule has 2 N–H and O–H groups in total. The van der Waals surface area contributed by atoms with E-state index in [1.54, 1.807) is 0 Å². The molecule has 0 aromatic heterocycles. The Labute approximate surface area is 229 Å². The van der Waals surface area contributed by atoms with Gasteiger partial charge in [0.05, 0.1) is 0 Å². The summed E-state index contributed by atoms with van der Waals surface area (Å²) in [6.45, 7) is 5.98. The van der Waals surface area contributed by atoms with E-state index in [2.05, 4.69) is 46.7 Å². The molecule has 1 aliphatic carbocycles. The van der Waals surface area contributed by atoms with E-state index in [0.29, 0.717) is 38.8 Å². The molecule has 1 aromatic carbocycles. The van der Waals surface area contributed by atoms with Crippen molar-refractivity contribution in [3.63, 3.8) is 0 Å². The zero-order valence-electron chi connectivity index (χ0n) is 23.4. The Morgan fingerprint density at radius 3 is 2.47 bits per heavy atom. The van der Waals surface area contributed by atoms with E-state index in [-0.39, 0.29) is 17.7 Å². The summed E-state index contributed by atoms with van der Waals surface area (Å²) < 4.78 is 0. The molecule has 38 heavy (non-hydrogen) atoms. The van der Waals surface area contributed by atoms with E-state index >= 15 is 0 Å². The van der Waals surface area contributed by atoms with Crippen molar-refractivity contribution >= 4 is 17.7 Å². The fourth-order valence-electron chi connectivity index (χ4n) is 6.62. The third-order valence-corrected chi connectivity index (χ3v) is 8.99. The Kier molecular flexibility index (Phi) is 10.6. The number of nitrogens with zero attached hydrogens (tertiary/aromatic N) is 2. The van der Waals surface area contributed by atoms with Crippen molar-refractivity contribution in [2.24, 2.45) is 5.92 Å². The van der Waals surface area contributed by atoms with Crippen LogP contribution in [0.15, 0.2) is 30.3 Å². The summed E-state index contributed by atoms with van der Waals surface area (Å²) in [6.07, 6.45) is 12.3. The molecule has 7 nitrogen and oxygen atoms in total. The number of piperidine rings is 1. The van der Waals surface area contributed by atoms with Gasteiger partial charge in [-0.1, -0.05) is 62.9 Å². The van der Waals surface area contributed by atoms with Crippen molar-refractivity contribution < 1.29 is 14.4 Å². The van der Waals surface area contributed by atoms with Crippen LogP contribution in [0.3, 0.4) is 0 Å². The second-order valence-electron chi connectivity index (χ2n) is 11.7. The summed E-state index contributed by atoms with van der Waals surface area (Å²) in [5.41, 5.74) is 0.623. The number of carbonyl (C=O) groups is 3. The molecule has 1 aromatic rings. The van der Waals surface area contributed by atoms with Crippen molar-refractivity contribution in [3.05, 3.63) is 35.9 Å². The zero-order chi connectivity index (χ0) is 26.8. The molecule has 0 bridgehead atoms. The fourth-order valence-corrected chi connectivity index (χ4v) is 6.62. The molecular formula is C31H48N4O3. The molecule has 2 saturated heterocycles. The van der Waals surface area contributed by atoms with Crippen molar-refractivity contribution in [3.8, 4) is 0 Å². The second kappa shape index (κ2) is 14.1. The standard InChI is InChI=1S/C31H48N4O3/c1-2-21-35-29(37)27(14-8-9-20-32-28(36)16-15-25-12-6-7-13-25)33-30(38)31(35)18-23-34(24-19-31)22-17-26-10-4-3-5-11-26/h3-5,10-11,25,27H,2,6-9,12-24H2,1H3,(H,32,36)(H,33,38)/t27-/m0/s1. The Morgan fingerprint density at radius 1 is 1.03 bits per heavy atom. The SMILES string of the molecule is CCCN1C(=O)[C@H](CCCCNC(=O)CCC2CCCC2)NC(=O)C12CCN(CCc1ccccc1)CC2. The van der Waals surface area contributed by atoms with Crippen molar-refractivity contribution in [2.45, 2.75) is 102 Å². The maximum absolute atomic E-state index is 13.5. The van der Waals surface area contributed by atoms with Gasteiger partial charge in [-0.15, -0.1) is 0 Å². The third-order valence-electron chi connectivity index (χ3n) is 8.99. The second-order valence-corrected chi connectivity index (χ2v) is 11.7. The molecule has 210 valence electrons. The third kappa shape index (κ3) is 7.37. The van der Waals surface area contributed by atoms with Gasteiger partial charge in [0.25, 0.3) is 0 Å². The minimum absolute atomic E-state index is 0.0264. The Balaban J connectivity index is 1.20. The molecule has 3 aliphatic rings. The van der Waals surface area contributed by atoms with Gasteiger partial charge >= 0.3 is 0 Å². The molecular weight excluding hydrogens is 476 g/mol. The summed E-state index contributed by atoms with van der Waals surface area (Å²) in [7, 11) is 0. The first-order chi connectivity index (χ1) is 18.5.